The van der Waals surface area contributed by atoms with Gasteiger partial charge >= 0.3 is 17.8 Å². The van der Waals surface area contributed by atoms with Crippen LogP contribution in [0.15, 0.2) is 47.3 Å². The first-order valence-electron chi connectivity index (χ1n) is 10.7. The van der Waals surface area contributed by atoms with E-state index in [1.165, 1.54) is 30.5 Å². The average Bonchev–Trinajstić information content (AvgIpc) is 3.09. The molecule has 0 aliphatic rings. The summed E-state index contributed by atoms with van der Waals surface area (Å²) in [6.07, 6.45) is -4.48. The second-order valence-corrected chi connectivity index (χ2v) is 8.75. The number of nitrogens with zero attached hydrogens (tertiary/aromatic N) is 3. The second kappa shape index (κ2) is 9.47. The summed E-state index contributed by atoms with van der Waals surface area (Å²) in [7, 11) is 0. The van der Waals surface area contributed by atoms with Gasteiger partial charge in [-0.2, -0.15) is 17.9 Å². The molecule has 3 aromatic rings. The van der Waals surface area contributed by atoms with Crippen molar-refractivity contribution in [3.05, 3.63) is 69.9 Å². The highest BCUT2D eigenvalue weighted by molar-refractivity contribution is 5.76. The van der Waals surface area contributed by atoms with E-state index in [9.17, 15) is 27.9 Å². The molecular formula is C24H26F3N3O5. The maximum atomic E-state index is 12.9. The summed E-state index contributed by atoms with van der Waals surface area (Å²) in [6.45, 7) is 8.10. The molecule has 1 N–H and O–H groups in total. The molecule has 1 heterocycles. The van der Waals surface area contributed by atoms with E-state index in [4.69, 9.17) is 9.47 Å². The standard InChI is InChI=1S/C24H26F3N3O5/c1-14(2)29-20(28-30(22(29)33)17-8-6-16(7-9-17)24(25,26)27)13-34-18-10-11-19(15(3)12-18)35-23(4,5)21(31)32/h6-12,14H,13H2,1-5H3,(H,31,32). The van der Waals surface area contributed by atoms with Crippen LogP contribution in [0.25, 0.3) is 5.69 Å². The molecule has 0 unspecified atom stereocenters. The van der Waals surface area contributed by atoms with E-state index in [1.54, 1.807) is 39.0 Å². The number of aromatic nitrogens is 3. The number of ether oxygens (including phenoxy) is 2. The van der Waals surface area contributed by atoms with Gasteiger partial charge in [-0.15, -0.1) is 5.10 Å². The zero-order valence-corrected chi connectivity index (χ0v) is 19.9. The van der Waals surface area contributed by atoms with Crippen molar-refractivity contribution in [3.8, 4) is 17.2 Å². The van der Waals surface area contributed by atoms with E-state index >= 15 is 0 Å². The van der Waals surface area contributed by atoms with Crippen molar-refractivity contribution in [2.75, 3.05) is 0 Å². The van der Waals surface area contributed by atoms with Gasteiger partial charge in [0.05, 0.1) is 11.3 Å². The minimum Gasteiger partial charge on any atom is -0.486 e. The van der Waals surface area contributed by atoms with Crippen molar-refractivity contribution in [3.63, 3.8) is 0 Å². The Kier molecular flexibility index (Phi) is 7.00. The number of carboxylic acids is 1. The molecule has 35 heavy (non-hydrogen) atoms. The fourth-order valence-electron chi connectivity index (χ4n) is 3.29. The number of alkyl halides is 3. The minimum atomic E-state index is -4.48. The van der Waals surface area contributed by atoms with Gasteiger partial charge in [-0.05, 0) is 82.6 Å². The number of hydrogen-bond donors (Lipinski definition) is 1. The van der Waals surface area contributed by atoms with Crippen molar-refractivity contribution in [2.45, 2.75) is 59.0 Å². The monoisotopic (exact) mass is 493 g/mol. The van der Waals surface area contributed by atoms with E-state index < -0.39 is 29.0 Å². The summed E-state index contributed by atoms with van der Waals surface area (Å²) in [5.41, 5.74) is -1.90. The van der Waals surface area contributed by atoms with Gasteiger partial charge in [0.15, 0.2) is 11.4 Å². The number of aliphatic carboxylic acids is 1. The lowest BCUT2D eigenvalue weighted by atomic mass is 10.1. The lowest BCUT2D eigenvalue weighted by Crippen LogP contribution is -2.38. The molecule has 0 saturated heterocycles. The molecule has 0 saturated carbocycles. The molecule has 0 aliphatic carbocycles. The number of hydrogen-bond acceptors (Lipinski definition) is 5. The Morgan fingerprint density at radius 3 is 2.26 bits per heavy atom. The average molecular weight is 493 g/mol. The zero-order chi connectivity index (χ0) is 26.1. The van der Waals surface area contributed by atoms with Crippen LogP contribution < -0.4 is 15.2 Å². The normalized spacial score (nSPS) is 12.1. The molecule has 0 fully saturated rings. The first-order chi connectivity index (χ1) is 16.2. The van der Waals surface area contributed by atoms with Crippen LogP contribution >= 0.6 is 0 Å². The number of carboxylic acid groups (broad SMARTS) is 1. The molecule has 3 rings (SSSR count). The van der Waals surface area contributed by atoms with Crippen LogP contribution in [0, 0.1) is 6.92 Å². The summed E-state index contributed by atoms with van der Waals surface area (Å²) < 4.78 is 52.4. The van der Waals surface area contributed by atoms with E-state index in [0.29, 0.717) is 17.1 Å². The van der Waals surface area contributed by atoms with Gasteiger partial charge < -0.3 is 14.6 Å². The van der Waals surface area contributed by atoms with Crippen molar-refractivity contribution >= 4 is 5.97 Å². The van der Waals surface area contributed by atoms with Gasteiger partial charge in [-0.1, -0.05) is 0 Å². The summed E-state index contributed by atoms with van der Waals surface area (Å²) >= 11 is 0. The lowest BCUT2D eigenvalue weighted by Gasteiger charge is -2.23. The quantitative estimate of drug-likeness (QED) is 0.486. The highest BCUT2D eigenvalue weighted by Crippen LogP contribution is 2.30. The summed E-state index contributed by atoms with van der Waals surface area (Å²) in [6, 6.07) is 8.74. The highest BCUT2D eigenvalue weighted by Gasteiger charge is 2.31. The molecule has 0 atom stereocenters. The Morgan fingerprint density at radius 2 is 1.74 bits per heavy atom. The molecule has 0 spiro atoms. The lowest BCUT2D eigenvalue weighted by molar-refractivity contribution is -0.152. The topological polar surface area (TPSA) is 95.6 Å². The summed E-state index contributed by atoms with van der Waals surface area (Å²) in [4.78, 5) is 24.2. The molecule has 1 aromatic heterocycles. The number of aryl methyl sites for hydroxylation is 1. The molecule has 0 bridgehead atoms. The van der Waals surface area contributed by atoms with Crippen LogP contribution in [-0.4, -0.2) is 31.0 Å². The van der Waals surface area contributed by atoms with Crippen molar-refractivity contribution in [1.82, 2.24) is 14.3 Å². The predicted molar refractivity (Wildman–Crippen MR) is 121 cm³/mol. The fourth-order valence-corrected chi connectivity index (χ4v) is 3.29. The van der Waals surface area contributed by atoms with Gasteiger partial charge in [0.2, 0.25) is 0 Å². The van der Waals surface area contributed by atoms with Crippen molar-refractivity contribution in [2.24, 2.45) is 0 Å². The van der Waals surface area contributed by atoms with Crippen LogP contribution in [-0.2, 0) is 17.6 Å². The zero-order valence-electron chi connectivity index (χ0n) is 19.9. The Balaban J connectivity index is 1.84. The van der Waals surface area contributed by atoms with Crippen molar-refractivity contribution < 1.29 is 32.5 Å². The van der Waals surface area contributed by atoms with Crippen molar-refractivity contribution in [1.29, 1.82) is 0 Å². The Labute approximate surface area is 199 Å². The first-order valence-corrected chi connectivity index (χ1v) is 10.7. The van der Waals surface area contributed by atoms with E-state index in [2.05, 4.69) is 5.10 Å². The Hall–Kier alpha value is -3.76. The van der Waals surface area contributed by atoms with Crippen LogP contribution in [0.2, 0.25) is 0 Å². The minimum absolute atomic E-state index is 0.0820. The van der Waals surface area contributed by atoms with Gasteiger partial charge in [-0.25, -0.2) is 9.59 Å². The smallest absolute Gasteiger partial charge is 0.416 e. The van der Waals surface area contributed by atoms with E-state index in [0.717, 1.165) is 16.8 Å². The molecule has 2 aromatic carbocycles. The number of rotatable bonds is 8. The third-order valence-corrected chi connectivity index (χ3v) is 5.23. The van der Waals surface area contributed by atoms with Gasteiger partial charge in [0.1, 0.15) is 18.1 Å². The largest absolute Gasteiger partial charge is 0.486 e. The number of halogens is 3. The molecule has 188 valence electrons. The van der Waals surface area contributed by atoms with E-state index in [1.807, 2.05) is 0 Å². The Bertz CT molecular complexity index is 1280. The van der Waals surface area contributed by atoms with Crippen LogP contribution in [0.5, 0.6) is 11.5 Å². The molecular weight excluding hydrogens is 467 g/mol. The molecule has 8 nitrogen and oxygen atoms in total. The maximum Gasteiger partial charge on any atom is 0.416 e. The van der Waals surface area contributed by atoms with Crippen LogP contribution in [0.3, 0.4) is 0 Å². The SMILES string of the molecule is Cc1cc(OCc2nn(-c3ccc(C(F)(F)F)cc3)c(=O)n2C(C)C)ccc1OC(C)(C)C(=O)O. The third-order valence-electron chi connectivity index (χ3n) is 5.23. The molecule has 11 heteroatoms. The maximum absolute atomic E-state index is 12.9. The fraction of sp³-hybridized carbons (Fsp3) is 0.375. The highest BCUT2D eigenvalue weighted by atomic mass is 19.4. The van der Waals surface area contributed by atoms with E-state index in [-0.39, 0.29) is 24.2 Å². The number of carbonyl (C=O) groups is 1. The molecule has 0 aliphatic heterocycles. The van der Waals surface area contributed by atoms with Gasteiger partial charge in [0.25, 0.3) is 0 Å². The Morgan fingerprint density at radius 1 is 1.11 bits per heavy atom. The molecule has 0 amide bonds. The predicted octanol–water partition coefficient (Wildman–Crippen LogP) is 4.76. The van der Waals surface area contributed by atoms with Crippen LogP contribution in [0.1, 0.15) is 50.7 Å². The van der Waals surface area contributed by atoms with Gasteiger partial charge in [0, 0.05) is 6.04 Å². The van der Waals surface area contributed by atoms with Gasteiger partial charge in [-0.3, -0.25) is 4.57 Å². The second-order valence-electron chi connectivity index (χ2n) is 8.75. The third kappa shape index (κ3) is 5.67. The summed E-state index contributed by atoms with van der Waals surface area (Å²) in [5, 5.41) is 13.5. The summed E-state index contributed by atoms with van der Waals surface area (Å²) in [5.74, 6) is 0.00707. The first kappa shape index (κ1) is 25.9. The molecule has 0 radical (unpaired) electrons. The number of benzene rings is 2. The van der Waals surface area contributed by atoms with Crippen LogP contribution in [0.4, 0.5) is 13.2 Å².